The van der Waals surface area contributed by atoms with Crippen molar-refractivity contribution in [2.24, 2.45) is 5.92 Å². The van der Waals surface area contributed by atoms with E-state index in [1.165, 1.54) is 16.7 Å². The second kappa shape index (κ2) is 10.9. The Morgan fingerprint density at radius 2 is 1.84 bits per heavy atom. The molecule has 0 fully saturated rings. The van der Waals surface area contributed by atoms with E-state index in [9.17, 15) is 14.4 Å². The average molecular weight is 491 g/mol. The summed E-state index contributed by atoms with van der Waals surface area (Å²) in [6.45, 7) is 6.37. The number of nitrogens with two attached hydrogens (primary N) is 1. The van der Waals surface area contributed by atoms with Gasteiger partial charge in [-0.05, 0) is 24.5 Å². The number of hydrogen-bond donors (Lipinski definition) is 3. The molecule has 0 aliphatic carbocycles. The second-order valence-electron chi connectivity index (χ2n) is 7.57. The van der Waals surface area contributed by atoms with Gasteiger partial charge in [0.1, 0.15) is 11.5 Å². The minimum atomic E-state index is -0.644. The third kappa shape index (κ3) is 6.41. The third-order valence-electron chi connectivity index (χ3n) is 4.47. The summed E-state index contributed by atoms with van der Waals surface area (Å²) in [5.74, 6) is -0.308. The molecule has 1 aromatic carbocycles. The second-order valence-corrected chi connectivity index (χ2v) is 8.82. The lowest BCUT2D eigenvalue weighted by atomic mass is 10.2. The summed E-state index contributed by atoms with van der Waals surface area (Å²) >= 11 is 18.2. The number of hydrogen-bond acceptors (Lipinski definition) is 5. The summed E-state index contributed by atoms with van der Waals surface area (Å²) in [5, 5.41) is 3.37. The molecule has 1 heterocycles. The van der Waals surface area contributed by atoms with Crippen molar-refractivity contribution in [1.82, 2.24) is 9.55 Å². The molecule has 0 atom stereocenters. The van der Waals surface area contributed by atoms with Gasteiger partial charge >= 0.3 is 5.69 Å². The molecule has 0 radical (unpaired) electrons. The molecule has 0 unspecified atom stereocenters. The molecule has 8 nitrogen and oxygen atoms in total. The van der Waals surface area contributed by atoms with Crippen LogP contribution in [0.1, 0.15) is 33.6 Å². The van der Waals surface area contributed by atoms with Gasteiger partial charge in [0, 0.05) is 18.1 Å². The van der Waals surface area contributed by atoms with Gasteiger partial charge in [-0.15, -0.1) is 0 Å². The molecule has 0 spiro atoms. The van der Waals surface area contributed by atoms with Crippen molar-refractivity contribution in [1.29, 1.82) is 0 Å². The van der Waals surface area contributed by atoms with E-state index in [2.05, 4.69) is 10.3 Å². The van der Waals surface area contributed by atoms with Crippen molar-refractivity contribution in [2.75, 3.05) is 29.0 Å². The molecule has 0 aliphatic rings. The van der Waals surface area contributed by atoms with Gasteiger partial charge in [-0.1, -0.05) is 62.0 Å². The highest BCUT2D eigenvalue weighted by atomic mass is 35.5. The number of rotatable bonds is 9. The molecule has 4 N–H and O–H groups in total. The number of carbonyl (C=O) groups excluding carboxylic acids is 1. The fourth-order valence-corrected chi connectivity index (χ4v) is 3.97. The molecule has 0 saturated heterocycles. The average Bonchev–Trinajstić information content (AvgIpc) is 2.65. The highest BCUT2D eigenvalue weighted by molar-refractivity contribution is 6.42. The first-order valence-electron chi connectivity index (χ1n) is 9.87. The minimum Gasteiger partial charge on any atom is -0.383 e. The fourth-order valence-electron chi connectivity index (χ4n) is 3.06. The molecular weight excluding hydrogens is 465 g/mol. The molecule has 0 saturated carbocycles. The van der Waals surface area contributed by atoms with Gasteiger partial charge in [0.15, 0.2) is 0 Å². The van der Waals surface area contributed by atoms with Crippen molar-refractivity contribution in [2.45, 2.75) is 40.2 Å². The van der Waals surface area contributed by atoms with Crippen LogP contribution in [0.2, 0.25) is 15.1 Å². The minimum absolute atomic E-state index is 0.0221. The van der Waals surface area contributed by atoms with Crippen LogP contribution in [-0.2, 0) is 11.3 Å². The Balaban J connectivity index is 2.40. The van der Waals surface area contributed by atoms with Crippen LogP contribution in [0.4, 0.5) is 17.2 Å². The maximum absolute atomic E-state index is 12.8. The monoisotopic (exact) mass is 489 g/mol. The van der Waals surface area contributed by atoms with Gasteiger partial charge in [-0.3, -0.25) is 19.1 Å². The van der Waals surface area contributed by atoms with Gasteiger partial charge in [0.05, 0.1) is 22.3 Å². The molecular formula is C20H26Cl3N5O3. The van der Waals surface area contributed by atoms with Crippen LogP contribution in [-0.4, -0.2) is 28.5 Å². The largest absolute Gasteiger partial charge is 0.383 e. The van der Waals surface area contributed by atoms with Gasteiger partial charge in [0.2, 0.25) is 5.91 Å². The van der Waals surface area contributed by atoms with Crippen molar-refractivity contribution in [3.63, 3.8) is 0 Å². The molecule has 2 rings (SSSR count). The SMILES string of the molecule is CCCCN(CC(=O)Nc1c(Cl)cc(Cl)cc1Cl)c1c(N)n(CC(C)C)c(=O)[nH]c1=O. The zero-order valence-corrected chi connectivity index (χ0v) is 19.9. The lowest BCUT2D eigenvalue weighted by Crippen LogP contribution is -2.42. The van der Waals surface area contributed by atoms with Crippen LogP contribution in [0, 0.1) is 5.92 Å². The van der Waals surface area contributed by atoms with E-state index in [0.29, 0.717) is 24.5 Å². The van der Waals surface area contributed by atoms with E-state index in [-0.39, 0.29) is 39.7 Å². The molecule has 2 aromatic rings. The maximum atomic E-state index is 12.8. The lowest BCUT2D eigenvalue weighted by Gasteiger charge is -2.26. The Morgan fingerprint density at radius 3 is 2.39 bits per heavy atom. The van der Waals surface area contributed by atoms with E-state index < -0.39 is 17.2 Å². The van der Waals surface area contributed by atoms with Crippen LogP contribution in [0.15, 0.2) is 21.7 Å². The van der Waals surface area contributed by atoms with Gasteiger partial charge in [-0.25, -0.2) is 4.79 Å². The topological polar surface area (TPSA) is 113 Å². The number of H-pyrrole nitrogens is 1. The molecule has 1 amide bonds. The summed E-state index contributed by atoms with van der Waals surface area (Å²) in [4.78, 5) is 41.5. The first-order chi connectivity index (χ1) is 14.5. The Morgan fingerprint density at radius 1 is 1.23 bits per heavy atom. The van der Waals surface area contributed by atoms with E-state index >= 15 is 0 Å². The normalized spacial score (nSPS) is 11.1. The number of anilines is 3. The maximum Gasteiger partial charge on any atom is 0.330 e. The van der Waals surface area contributed by atoms with Crippen molar-refractivity contribution < 1.29 is 4.79 Å². The molecule has 170 valence electrons. The molecule has 31 heavy (non-hydrogen) atoms. The van der Waals surface area contributed by atoms with Crippen molar-refractivity contribution in [3.8, 4) is 0 Å². The van der Waals surface area contributed by atoms with E-state index in [1.54, 1.807) is 4.90 Å². The first kappa shape index (κ1) is 25.1. The van der Waals surface area contributed by atoms with Crippen LogP contribution in [0.25, 0.3) is 0 Å². The van der Waals surface area contributed by atoms with Crippen LogP contribution < -0.4 is 27.2 Å². The van der Waals surface area contributed by atoms with Crippen LogP contribution in [0.5, 0.6) is 0 Å². The van der Waals surface area contributed by atoms with E-state index in [0.717, 1.165) is 6.42 Å². The highest BCUT2D eigenvalue weighted by Crippen LogP contribution is 2.33. The lowest BCUT2D eigenvalue weighted by molar-refractivity contribution is -0.115. The Labute approximate surface area is 195 Å². The van der Waals surface area contributed by atoms with Crippen molar-refractivity contribution in [3.05, 3.63) is 48.0 Å². The van der Waals surface area contributed by atoms with Crippen molar-refractivity contribution >= 4 is 57.9 Å². The third-order valence-corrected chi connectivity index (χ3v) is 5.28. The van der Waals surface area contributed by atoms with E-state index in [1.807, 2.05) is 20.8 Å². The number of nitrogen functional groups attached to an aromatic ring is 1. The standard InChI is InChI=1S/C20H26Cl3N5O3/c1-4-5-6-27(10-15(29)25-16-13(22)7-12(21)8-14(16)23)17-18(24)28(9-11(2)3)20(31)26-19(17)30/h7-8,11H,4-6,9-10,24H2,1-3H3,(H,25,29)(H,26,30,31). The number of nitrogens with one attached hydrogen (secondary N) is 2. The Hall–Kier alpha value is -2.16. The van der Waals surface area contributed by atoms with Gasteiger partial charge in [-0.2, -0.15) is 0 Å². The summed E-state index contributed by atoms with van der Waals surface area (Å²) in [5.41, 5.74) is 5.29. The Bertz CT molecular complexity index is 1040. The van der Waals surface area contributed by atoms with Crippen LogP contribution >= 0.6 is 34.8 Å². The summed E-state index contributed by atoms with van der Waals surface area (Å²) in [7, 11) is 0. The zero-order chi connectivity index (χ0) is 23.3. The van der Waals surface area contributed by atoms with Crippen LogP contribution in [0.3, 0.4) is 0 Å². The predicted octanol–water partition coefficient (Wildman–Crippen LogP) is 3.98. The smallest absolute Gasteiger partial charge is 0.330 e. The number of carbonyl (C=O) groups is 1. The molecule has 11 heteroatoms. The molecule has 0 bridgehead atoms. The fraction of sp³-hybridized carbons (Fsp3) is 0.450. The zero-order valence-electron chi connectivity index (χ0n) is 17.6. The summed E-state index contributed by atoms with van der Waals surface area (Å²) < 4.78 is 1.31. The molecule has 0 aliphatic heterocycles. The number of unbranched alkanes of at least 4 members (excludes halogenated alkanes) is 1. The number of halogens is 3. The number of amides is 1. The summed E-state index contributed by atoms with van der Waals surface area (Å²) in [6.07, 6.45) is 1.54. The van der Waals surface area contributed by atoms with E-state index in [4.69, 9.17) is 40.5 Å². The number of aromatic amines is 1. The quantitative estimate of drug-likeness (QED) is 0.492. The van der Waals surface area contributed by atoms with Gasteiger partial charge in [0.25, 0.3) is 5.56 Å². The molecule has 1 aromatic heterocycles. The number of nitrogens with zero attached hydrogens (tertiary/aromatic N) is 2. The number of aromatic nitrogens is 2. The Kier molecular flexibility index (Phi) is 8.85. The van der Waals surface area contributed by atoms with Gasteiger partial charge < -0.3 is 16.0 Å². The highest BCUT2D eigenvalue weighted by Gasteiger charge is 2.22. The first-order valence-corrected chi connectivity index (χ1v) is 11.0. The summed E-state index contributed by atoms with van der Waals surface area (Å²) in [6, 6.07) is 2.92. The number of benzene rings is 1. The predicted molar refractivity (Wildman–Crippen MR) is 128 cm³/mol.